The number of amides is 2. The van der Waals surface area contributed by atoms with Crippen molar-refractivity contribution < 1.29 is 37.8 Å². The molecule has 2 amide bonds. The summed E-state index contributed by atoms with van der Waals surface area (Å²) in [6.07, 6.45) is -5.22. The lowest BCUT2D eigenvalue weighted by atomic mass is 9.94. The van der Waals surface area contributed by atoms with Crippen molar-refractivity contribution in [3.63, 3.8) is 0 Å². The molecule has 0 bridgehead atoms. The Morgan fingerprint density at radius 1 is 0.944 bits per heavy atom. The van der Waals surface area contributed by atoms with Crippen LogP contribution in [-0.4, -0.2) is 45.5 Å². The van der Waals surface area contributed by atoms with Gasteiger partial charge in [-0.05, 0) is 66.1 Å². The largest absolute Gasteiger partial charge is 0.481 e. The number of hydrogen-bond donors (Lipinski definition) is 2. The third-order valence-corrected chi connectivity index (χ3v) is 7.21. The first-order chi connectivity index (χ1) is 17.1. The average Bonchev–Trinajstić information content (AvgIpc) is 3.41. The number of alkyl halides is 3. The van der Waals surface area contributed by atoms with Gasteiger partial charge in [0, 0.05) is 11.4 Å². The van der Waals surface area contributed by atoms with Crippen LogP contribution in [0.25, 0.3) is 11.1 Å². The van der Waals surface area contributed by atoms with Gasteiger partial charge in [-0.1, -0.05) is 24.3 Å². The fraction of sp³-hybridized carbons (Fsp3) is 0.269. The van der Waals surface area contributed by atoms with Gasteiger partial charge < -0.3 is 10.2 Å². The number of fused-ring (bicyclic) bond motifs is 1. The Hall–Kier alpha value is -3.50. The number of rotatable bonds is 9. The zero-order valence-electron chi connectivity index (χ0n) is 18.9. The molecule has 0 spiro atoms. The number of thiophene rings is 1. The summed E-state index contributed by atoms with van der Waals surface area (Å²) < 4.78 is 38.3. The van der Waals surface area contributed by atoms with Crippen LogP contribution in [0.5, 0.6) is 0 Å². The maximum atomic E-state index is 12.8. The van der Waals surface area contributed by atoms with Gasteiger partial charge in [0.1, 0.15) is 0 Å². The van der Waals surface area contributed by atoms with E-state index in [-0.39, 0.29) is 30.5 Å². The number of carboxylic acids is 1. The van der Waals surface area contributed by atoms with Crippen molar-refractivity contribution in [1.29, 1.82) is 0 Å². The molecule has 1 aromatic heterocycles. The van der Waals surface area contributed by atoms with Crippen LogP contribution in [0, 0.1) is 5.92 Å². The molecule has 188 valence electrons. The number of carbonyl (C=O) groups is 3. The van der Waals surface area contributed by atoms with E-state index in [9.17, 15) is 37.8 Å². The normalized spacial score (nSPS) is 15.2. The second-order valence-corrected chi connectivity index (χ2v) is 9.52. The van der Waals surface area contributed by atoms with Crippen LogP contribution >= 0.6 is 11.3 Å². The Balaban J connectivity index is 1.35. The lowest BCUT2D eigenvalue weighted by molar-refractivity contribution is -0.146. The van der Waals surface area contributed by atoms with Gasteiger partial charge in [0.2, 0.25) is 0 Å². The van der Waals surface area contributed by atoms with Gasteiger partial charge in [0.15, 0.2) is 0 Å². The van der Waals surface area contributed by atoms with Crippen molar-refractivity contribution in [3.8, 4) is 11.1 Å². The number of aryl methyl sites for hydroxylation is 1. The number of aliphatic carboxylic acids is 1. The lowest BCUT2D eigenvalue weighted by Crippen LogP contribution is -2.36. The first kappa shape index (κ1) is 25.6. The molecule has 0 fully saturated rings. The quantitative estimate of drug-likeness (QED) is 0.385. The zero-order valence-corrected chi connectivity index (χ0v) is 19.7. The van der Waals surface area contributed by atoms with Gasteiger partial charge in [-0.3, -0.25) is 19.3 Å². The lowest BCUT2D eigenvalue weighted by Gasteiger charge is -2.21. The summed E-state index contributed by atoms with van der Waals surface area (Å²) in [6, 6.07) is 13.0. The van der Waals surface area contributed by atoms with E-state index >= 15 is 0 Å². The minimum atomic E-state index is -4.41. The molecule has 0 saturated carbocycles. The van der Waals surface area contributed by atoms with Gasteiger partial charge >= 0.3 is 12.1 Å². The first-order valence-corrected chi connectivity index (χ1v) is 12.1. The number of carboxylic acid groups (broad SMARTS) is 1. The predicted octanol–water partition coefficient (Wildman–Crippen LogP) is 5.11. The average molecular weight is 518 g/mol. The van der Waals surface area contributed by atoms with Crippen LogP contribution in [0.4, 0.5) is 13.2 Å². The monoisotopic (exact) mass is 517 g/mol. The van der Waals surface area contributed by atoms with Gasteiger partial charge in [0.25, 0.3) is 11.8 Å². The fourth-order valence-corrected chi connectivity index (χ4v) is 5.11. The predicted molar refractivity (Wildman–Crippen MR) is 127 cm³/mol. The summed E-state index contributed by atoms with van der Waals surface area (Å²) in [5, 5.41) is 22.0. The van der Waals surface area contributed by atoms with Crippen LogP contribution in [0.15, 0.2) is 60.0 Å². The molecule has 3 aromatic rings. The van der Waals surface area contributed by atoms with E-state index in [2.05, 4.69) is 0 Å². The maximum Gasteiger partial charge on any atom is 0.416 e. The Labute approximate surface area is 208 Å². The maximum absolute atomic E-state index is 12.8. The zero-order chi connectivity index (χ0) is 26.0. The summed E-state index contributed by atoms with van der Waals surface area (Å²) in [5.41, 5.74) is 1.17. The van der Waals surface area contributed by atoms with E-state index in [0.29, 0.717) is 12.0 Å². The molecule has 0 unspecified atom stereocenters. The Kier molecular flexibility index (Phi) is 7.28. The van der Waals surface area contributed by atoms with E-state index in [1.807, 2.05) is 0 Å². The van der Waals surface area contributed by atoms with Crippen molar-refractivity contribution in [2.75, 3.05) is 6.54 Å². The molecule has 2 N–H and O–H groups in total. The summed E-state index contributed by atoms with van der Waals surface area (Å²) in [6.45, 7) is -0.128. The van der Waals surface area contributed by atoms with E-state index in [4.69, 9.17) is 0 Å². The van der Waals surface area contributed by atoms with Gasteiger partial charge in [-0.15, -0.1) is 11.3 Å². The molecular weight excluding hydrogens is 495 g/mol. The van der Waals surface area contributed by atoms with Crippen LogP contribution in [-0.2, 0) is 17.4 Å². The third kappa shape index (κ3) is 5.34. The minimum Gasteiger partial charge on any atom is -0.481 e. The highest BCUT2D eigenvalue weighted by Crippen LogP contribution is 2.33. The molecule has 0 saturated heterocycles. The summed E-state index contributed by atoms with van der Waals surface area (Å²) in [7, 11) is 0. The number of carbonyl (C=O) groups excluding carboxylic acids is 2. The summed E-state index contributed by atoms with van der Waals surface area (Å²) in [4.78, 5) is 38.6. The van der Waals surface area contributed by atoms with E-state index < -0.39 is 41.5 Å². The summed E-state index contributed by atoms with van der Waals surface area (Å²) in [5.74, 6) is -3.37. The van der Waals surface area contributed by atoms with Crippen LogP contribution in [0.1, 0.15) is 44.0 Å². The van der Waals surface area contributed by atoms with Gasteiger partial charge in [0.05, 0.1) is 28.7 Å². The smallest absolute Gasteiger partial charge is 0.416 e. The number of nitrogens with zero attached hydrogens (tertiary/aromatic N) is 1. The molecule has 0 aliphatic carbocycles. The summed E-state index contributed by atoms with van der Waals surface area (Å²) >= 11 is 1.37. The molecule has 6 nitrogen and oxygen atoms in total. The van der Waals surface area contributed by atoms with Gasteiger partial charge in [-0.25, -0.2) is 0 Å². The Bertz CT molecular complexity index is 1250. The second-order valence-electron chi connectivity index (χ2n) is 8.52. The molecule has 36 heavy (non-hydrogen) atoms. The molecule has 2 heterocycles. The number of imide groups is 1. The molecule has 4 rings (SSSR count). The highest BCUT2D eigenvalue weighted by atomic mass is 32.1. The van der Waals surface area contributed by atoms with E-state index in [1.54, 1.807) is 35.7 Å². The molecular formula is C26H22F3NO5S. The van der Waals surface area contributed by atoms with Gasteiger partial charge in [-0.2, -0.15) is 13.2 Å². The van der Waals surface area contributed by atoms with Crippen LogP contribution in [0.2, 0.25) is 0 Å². The van der Waals surface area contributed by atoms with Crippen LogP contribution < -0.4 is 0 Å². The SMILES string of the molecule is O=C(O)[C@@H](CCN1C(=O)c2ccccc2C1=O)[C@H](O)CCc1cc(-c2ccc(C(F)(F)F)cc2)cs1. The second kappa shape index (κ2) is 10.2. The number of hydrogen-bond acceptors (Lipinski definition) is 5. The van der Waals surface area contributed by atoms with Crippen molar-refractivity contribution in [1.82, 2.24) is 4.90 Å². The standard InChI is InChI=1S/C26H22F3NO5S/c27-26(28,29)17-7-5-15(6-8-17)16-13-18(36-14-16)9-10-22(31)21(25(34)35)11-12-30-23(32)19-3-1-2-4-20(19)24(30)33/h1-8,13-14,21-22,31H,9-12H2,(H,34,35)/t21-,22+/m0/s1. The highest BCUT2D eigenvalue weighted by molar-refractivity contribution is 7.10. The van der Waals surface area contributed by atoms with Crippen molar-refractivity contribution in [3.05, 3.63) is 81.5 Å². The van der Waals surface area contributed by atoms with Crippen molar-refractivity contribution in [2.24, 2.45) is 5.92 Å². The van der Waals surface area contributed by atoms with Crippen molar-refractivity contribution >= 4 is 29.1 Å². The topological polar surface area (TPSA) is 94.9 Å². The molecule has 0 radical (unpaired) electrons. The Morgan fingerprint density at radius 2 is 1.56 bits per heavy atom. The number of halogens is 3. The molecule has 2 atom stereocenters. The minimum absolute atomic E-state index is 0.0940. The van der Waals surface area contributed by atoms with E-state index in [1.165, 1.54) is 23.5 Å². The number of benzene rings is 2. The molecule has 1 aliphatic heterocycles. The Morgan fingerprint density at radius 3 is 2.11 bits per heavy atom. The third-order valence-electron chi connectivity index (χ3n) is 6.21. The fourth-order valence-electron chi connectivity index (χ4n) is 4.20. The number of aliphatic hydroxyl groups excluding tert-OH is 1. The van der Waals surface area contributed by atoms with Crippen LogP contribution in [0.3, 0.4) is 0 Å². The van der Waals surface area contributed by atoms with E-state index in [0.717, 1.165) is 27.5 Å². The number of aliphatic hydroxyl groups is 1. The highest BCUT2D eigenvalue weighted by Gasteiger charge is 2.36. The molecule has 10 heteroatoms. The molecule has 1 aliphatic rings. The van der Waals surface area contributed by atoms with Crippen molar-refractivity contribution in [2.45, 2.75) is 31.5 Å². The molecule has 2 aromatic carbocycles. The first-order valence-electron chi connectivity index (χ1n) is 11.2.